The van der Waals surface area contributed by atoms with Gasteiger partial charge in [0.1, 0.15) is 11.8 Å². The number of aromatic nitrogens is 3. The van der Waals surface area contributed by atoms with Crippen molar-refractivity contribution in [1.82, 2.24) is 20.2 Å². The maximum absolute atomic E-state index is 12.5. The maximum atomic E-state index is 12.5. The third-order valence-electron chi connectivity index (χ3n) is 4.17. The molecule has 2 aromatic rings. The van der Waals surface area contributed by atoms with E-state index in [1.165, 1.54) is 0 Å². The second-order valence-electron chi connectivity index (χ2n) is 5.73. The second kappa shape index (κ2) is 5.90. The summed E-state index contributed by atoms with van der Waals surface area (Å²) >= 11 is 0. The third-order valence-corrected chi connectivity index (χ3v) is 4.17. The van der Waals surface area contributed by atoms with Crippen molar-refractivity contribution >= 4 is 5.91 Å². The molecule has 0 unspecified atom stereocenters. The van der Waals surface area contributed by atoms with E-state index in [0.717, 1.165) is 36.4 Å². The Bertz CT molecular complexity index is 657. The summed E-state index contributed by atoms with van der Waals surface area (Å²) in [4.78, 5) is 18.7. The van der Waals surface area contributed by atoms with Crippen LogP contribution in [-0.4, -0.2) is 32.6 Å². The molecule has 1 aliphatic heterocycles. The highest BCUT2D eigenvalue weighted by atomic mass is 16.5. The molecule has 1 amide bonds. The molecule has 3 rings (SSSR count). The lowest BCUT2D eigenvalue weighted by Crippen LogP contribution is -2.31. The molecule has 1 saturated heterocycles. The van der Waals surface area contributed by atoms with Crippen LogP contribution < -0.4 is 0 Å². The summed E-state index contributed by atoms with van der Waals surface area (Å²) in [5.74, 6) is 2.04. The minimum Gasteiger partial charge on any atom is -0.361 e. The van der Waals surface area contributed by atoms with Gasteiger partial charge in [-0.2, -0.15) is 4.98 Å². The maximum Gasteiger partial charge on any atom is 0.249 e. The van der Waals surface area contributed by atoms with Crippen LogP contribution in [0.5, 0.6) is 0 Å². The molecule has 3 heterocycles. The first-order valence-electron chi connectivity index (χ1n) is 7.57. The molecule has 0 N–H and O–H groups in total. The van der Waals surface area contributed by atoms with Gasteiger partial charge in [0.15, 0.2) is 5.82 Å². The molecule has 22 heavy (non-hydrogen) atoms. The topological polar surface area (TPSA) is 85.3 Å². The Kier molecular flexibility index (Phi) is 3.96. The minimum absolute atomic E-state index is 0.0848. The Morgan fingerprint density at radius 3 is 2.73 bits per heavy atom. The largest absolute Gasteiger partial charge is 0.361 e. The number of likely N-dealkylation sites (tertiary alicyclic amines) is 1. The first kappa shape index (κ1) is 14.7. The highest BCUT2D eigenvalue weighted by Crippen LogP contribution is 2.31. The van der Waals surface area contributed by atoms with E-state index >= 15 is 0 Å². The Hall–Kier alpha value is -2.18. The number of hydrogen-bond acceptors (Lipinski definition) is 6. The summed E-state index contributed by atoms with van der Waals surface area (Å²) in [5.41, 5.74) is 1.88. The van der Waals surface area contributed by atoms with Crippen LogP contribution in [0.15, 0.2) is 9.05 Å². The van der Waals surface area contributed by atoms with Crippen molar-refractivity contribution in [2.45, 2.75) is 52.5 Å². The molecule has 0 bridgehead atoms. The Labute approximate surface area is 128 Å². The monoisotopic (exact) mass is 304 g/mol. The summed E-state index contributed by atoms with van der Waals surface area (Å²) in [7, 11) is 0. The van der Waals surface area contributed by atoms with E-state index in [0.29, 0.717) is 24.6 Å². The Morgan fingerprint density at radius 1 is 1.27 bits per heavy atom. The highest BCUT2D eigenvalue weighted by Gasteiger charge is 2.33. The van der Waals surface area contributed by atoms with E-state index in [-0.39, 0.29) is 11.9 Å². The zero-order valence-electron chi connectivity index (χ0n) is 13.1. The van der Waals surface area contributed by atoms with Crippen LogP contribution in [0.3, 0.4) is 0 Å². The number of nitrogens with zero attached hydrogens (tertiary/aromatic N) is 4. The van der Waals surface area contributed by atoms with Crippen molar-refractivity contribution in [3.05, 3.63) is 28.7 Å². The summed E-state index contributed by atoms with van der Waals surface area (Å²) < 4.78 is 10.4. The first-order valence-corrected chi connectivity index (χ1v) is 7.57. The molecule has 118 valence electrons. The van der Waals surface area contributed by atoms with Gasteiger partial charge in [-0.1, -0.05) is 10.3 Å². The number of carbonyl (C=O) groups excluding carboxylic acids is 1. The van der Waals surface area contributed by atoms with Crippen molar-refractivity contribution in [3.63, 3.8) is 0 Å². The van der Waals surface area contributed by atoms with Gasteiger partial charge in [-0.3, -0.25) is 4.79 Å². The smallest absolute Gasteiger partial charge is 0.249 e. The van der Waals surface area contributed by atoms with Gasteiger partial charge in [0, 0.05) is 18.5 Å². The van der Waals surface area contributed by atoms with Gasteiger partial charge >= 0.3 is 0 Å². The van der Waals surface area contributed by atoms with E-state index in [4.69, 9.17) is 9.05 Å². The lowest BCUT2D eigenvalue weighted by atomic mass is 10.1. The molecule has 0 saturated carbocycles. The lowest BCUT2D eigenvalue weighted by Gasteiger charge is -2.21. The summed E-state index contributed by atoms with van der Waals surface area (Å²) in [6.07, 6.45) is 2.92. The normalized spacial score (nSPS) is 18.1. The molecule has 0 radical (unpaired) electrons. The van der Waals surface area contributed by atoms with Crippen molar-refractivity contribution < 1.29 is 13.8 Å². The lowest BCUT2D eigenvalue weighted by molar-refractivity contribution is -0.132. The number of aryl methyl sites for hydroxylation is 3. The van der Waals surface area contributed by atoms with Crippen LogP contribution in [0.1, 0.15) is 54.0 Å². The average Bonchev–Trinajstić information content (AvgIpc) is 3.18. The summed E-state index contributed by atoms with van der Waals surface area (Å²) in [5, 5.41) is 7.74. The van der Waals surface area contributed by atoms with Crippen LogP contribution in [0.4, 0.5) is 0 Å². The van der Waals surface area contributed by atoms with E-state index in [1.54, 1.807) is 6.92 Å². The predicted octanol–water partition coefficient (Wildman–Crippen LogP) is 2.28. The van der Waals surface area contributed by atoms with Gasteiger partial charge in [0.25, 0.3) is 0 Å². The zero-order valence-corrected chi connectivity index (χ0v) is 13.1. The summed E-state index contributed by atoms with van der Waals surface area (Å²) in [6.45, 7) is 6.30. The second-order valence-corrected chi connectivity index (χ2v) is 5.73. The zero-order chi connectivity index (χ0) is 15.7. The van der Waals surface area contributed by atoms with Gasteiger partial charge in [0.2, 0.25) is 11.8 Å². The molecule has 7 heteroatoms. The molecule has 1 fully saturated rings. The van der Waals surface area contributed by atoms with E-state index in [9.17, 15) is 4.79 Å². The fourth-order valence-electron chi connectivity index (χ4n) is 3.00. The van der Waals surface area contributed by atoms with E-state index < -0.39 is 0 Å². The Morgan fingerprint density at radius 2 is 2.09 bits per heavy atom. The van der Waals surface area contributed by atoms with Crippen LogP contribution in [0.2, 0.25) is 0 Å². The number of rotatable bonds is 4. The molecule has 1 atom stereocenters. The molecule has 0 aliphatic carbocycles. The minimum atomic E-state index is -0.0848. The van der Waals surface area contributed by atoms with Crippen molar-refractivity contribution in [3.8, 4) is 0 Å². The van der Waals surface area contributed by atoms with Gasteiger partial charge in [-0.25, -0.2) is 0 Å². The quantitative estimate of drug-likeness (QED) is 0.861. The molecular weight excluding hydrogens is 284 g/mol. The third kappa shape index (κ3) is 2.75. The fourth-order valence-corrected chi connectivity index (χ4v) is 3.00. The molecular formula is C15H20N4O3. The van der Waals surface area contributed by atoms with E-state index in [2.05, 4.69) is 15.3 Å². The van der Waals surface area contributed by atoms with Crippen molar-refractivity contribution in [2.24, 2.45) is 0 Å². The molecule has 2 aromatic heterocycles. The fraction of sp³-hybridized carbons (Fsp3) is 0.600. The Balaban J connectivity index is 1.66. The van der Waals surface area contributed by atoms with Crippen molar-refractivity contribution in [1.29, 1.82) is 0 Å². The van der Waals surface area contributed by atoms with Crippen LogP contribution in [0, 0.1) is 20.8 Å². The highest BCUT2D eigenvalue weighted by molar-refractivity contribution is 5.77. The van der Waals surface area contributed by atoms with Crippen LogP contribution >= 0.6 is 0 Å². The average molecular weight is 304 g/mol. The van der Waals surface area contributed by atoms with Gasteiger partial charge in [-0.05, 0) is 40.0 Å². The standard InChI is InChI=1S/C15H20N4O3/c1-9-12(10(2)21-17-9)6-7-14(20)19-8-4-5-13(19)15-16-11(3)18-22-15/h13H,4-8H2,1-3H3/t13-/m0/s1. The van der Waals surface area contributed by atoms with Crippen LogP contribution in [0.25, 0.3) is 0 Å². The van der Waals surface area contributed by atoms with Gasteiger partial charge in [-0.15, -0.1) is 0 Å². The molecule has 7 nitrogen and oxygen atoms in total. The molecule has 0 aromatic carbocycles. The first-order chi connectivity index (χ1) is 10.6. The molecule has 0 spiro atoms. The van der Waals surface area contributed by atoms with Crippen LogP contribution in [-0.2, 0) is 11.2 Å². The van der Waals surface area contributed by atoms with E-state index in [1.807, 2.05) is 18.7 Å². The summed E-state index contributed by atoms with van der Waals surface area (Å²) in [6, 6.07) is -0.0848. The molecule has 1 aliphatic rings. The van der Waals surface area contributed by atoms with Gasteiger partial charge < -0.3 is 13.9 Å². The van der Waals surface area contributed by atoms with Gasteiger partial charge in [0.05, 0.1) is 5.69 Å². The van der Waals surface area contributed by atoms with Crippen molar-refractivity contribution in [2.75, 3.05) is 6.54 Å². The predicted molar refractivity (Wildman–Crippen MR) is 77.0 cm³/mol. The number of hydrogen-bond donors (Lipinski definition) is 0. The number of amides is 1. The number of carbonyl (C=O) groups is 1. The SMILES string of the molecule is Cc1noc([C@@H]2CCCN2C(=O)CCc2c(C)noc2C)n1.